The van der Waals surface area contributed by atoms with Crippen LogP contribution in [0.15, 0.2) is 96.0 Å². The van der Waals surface area contributed by atoms with Crippen molar-refractivity contribution in [3.63, 3.8) is 0 Å². The molecular weight excluding hydrogens is 454 g/mol. The smallest absolute Gasteiger partial charge is 0.198 e. The predicted octanol–water partition coefficient (Wildman–Crippen LogP) is 7.21. The second kappa shape index (κ2) is 11.0. The van der Waals surface area contributed by atoms with Gasteiger partial charge >= 0.3 is 0 Å². The first-order chi connectivity index (χ1) is 17.0. The SMILES string of the molecule is CC(=O)c1ccc(Nc2c(C(=O)/C=C/c3ccccc3)sc(/N=C/c3ccccc3)c2C#N)cc1. The highest BCUT2D eigenvalue weighted by atomic mass is 32.1. The van der Waals surface area contributed by atoms with Gasteiger partial charge in [0.15, 0.2) is 11.6 Å². The molecule has 35 heavy (non-hydrogen) atoms. The van der Waals surface area contributed by atoms with E-state index in [4.69, 9.17) is 0 Å². The Kier molecular flexibility index (Phi) is 7.41. The maximum atomic E-state index is 13.2. The largest absolute Gasteiger partial charge is 0.353 e. The van der Waals surface area contributed by atoms with Crippen molar-refractivity contribution in [3.8, 4) is 6.07 Å². The maximum Gasteiger partial charge on any atom is 0.198 e. The molecule has 0 amide bonds. The molecule has 3 aromatic carbocycles. The van der Waals surface area contributed by atoms with Crippen LogP contribution in [0, 0.1) is 11.3 Å². The molecule has 170 valence electrons. The Morgan fingerprint density at radius 2 is 1.54 bits per heavy atom. The number of rotatable bonds is 8. The molecule has 0 bridgehead atoms. The van der Waals surface area contributed by atoms with Crippen LogP contribution in [0.4, 0.5) is 16.4 Å². The monoisotopic (exact) mass is 475 g/mol. The Labute approximate surface area is 207 Å². The number of thiophene rings is 1. The maximum absolute atomic E-state index is 13.2. The van der Waals surface area contributed by atoms with E-state index in [1.165, 1.54) is 13.0 Å². The predicted molar refractivity (Wildman–Crippen MR) is 142 cm³/mol. The highest BCUT2D eigenvalue weighted by Crippen LogP contribution is 2.41. The fourth-order valence-corrected chi connectivity index (χ4v) is 4.30. The summed E-state index contributed by atoms with van der Waals surface area (Å²) in [4.78, 5) is 29.7. The van der Waals surface area contributed by atoms with Crippen molar-refractivity contribution >= 4 is 51.6 Å². The molecule has 0 spiro atoms. The third kappa shape index (κ3) is 5.85. The lowest BCUT2D eigenvalue weighted by Gasteiger charge is -2.08. The van der Waals surface area contributed by atoms with Crippen LogP contribution in [0.2, 0.25) is 0 Å². The molecule has 0 aliphatic rings. The first kappa shape index (κ1) is 23.6. The second-order valence-electron chi connectivity index (χ2n) is 7.63. The lowest BCUT2D eigenvalue weighted by Crippen LogP contribution is -2.00. The van der Waals surface area contributed by atoms with E-state index in [2.05, 4.69) is 16.4 Å². The van der Waals surface area contributed by atoms with Crippen molar-refractivity contribution < 1.29 is 9.59 Å². The number of ketones is 2. The molecule has 0 radical (unpaired) electrons. The molecule has 1 N–H and O–H groups in total. The van der Waals surface area contributed by atoms with E-state index >= 15 is 0 Å². The molecule has 4 aromatic rings. The van der Waals surface area contributed by atoms with E-state index in [-0.39, 0.29) is 17.1 Å². The minimum Gasteiger partial charge on any atom is -0.353 e. The van der Waals surface area contributed by atoms with Crippen LogP contribution in [0.1, 0.15) is 43.6 Å². The Morgan fingerprint density at radius 3 is 2.14 bits per heavy atom. The third-order valence-corrected chi connectivity index (χ3v) is 6.26. The van der Waals surface area contributed by atoms with Gasteiger partial charge in [-0.05, 0) is 48.4 Å². The molecule has 4 rings (SSSR count). The van der Waals surface area contributed by atoms with Crippen LogP contribution >= 0.6 is 11.3 Å². The number of Topliss-reactive ketones (excluding diaryl/α,β-unsaturated/α-hetero) is 1. The highest BCUT2D eigenvalue weighted by Gasteiger charge is 2.22. The van der Waals surface area contributed by atoms with E-state index in [1.807, 2.05) is 60.7 Å². The molecule has 0 aliphatic carbocycles. The van der Waals surface area contributed by atoms with Gasteiger partial charge < -0.3 is 5.32 Å². The van der Waals surface area contributed by atoms with Crippen LogP contribution in [0.5, 0.6) is 0 Å². The third-order valence-electron chi connectivity index (χ3n) is 5.14. The van der Waals surface area contributed by atoms with Crippen molar-refractivity contribution in [1.29, 1.82) is 5.26 Å². The summed E-state index contributed by atoms with van der Waals surface area (Å²) in [6.07, 6.45) is 4.91. The van der Waals surface area contributed by atoms with Crippen LogP contribution in [-0.2, 0) is 0 Å². The van der Waals surface area contributed by atoms with Gasteiger partial charge in [0.25, 0.3) is 0 Å². The first-order valence-corrected chi connectivity index (χ1v) is 11.7. The Balaban J connectivity index is 1.73. The van der Waals surface area contributed by atoms with Crippen molar-refractivity contribution in [2.24, 2.45) is 4.99 Å². The van der Waals surface area contributed by atoms with Gasteiger partial charge in [0.05, 0.1) is 5.69 Å². The Hall–Kier alpha value is -4.60. The number of aliphatic imine (C=N–C) groups is 1. The van der Waals surface area contributed by atoms with Crippen LogP contribution in [0.3, 0.4) is 0 Å². The average molecular weight is 476 g/mol. The molecule has 1 aromatic heterocycles. The quantitative estimate of drug-likeness (QED) is 0.166. The number of allylic oxidation sites excluding steroid dienone is 1. The number of carbonyl (C=O) groups is 2. The summed E-state index contributed by atoms with van der Waals surface area (Å²) >= 11 is 1.16. The summed E-state index contributed by atoms with van der Waals surface area (Å²) in [5.74, 6) is -0.274. The van der Waals surface area contributed by atoms with E-state index < -0.39 is 0 Å². The molecule has 1 heterocycles. The molecule has 5 nitrogen and oxygen atoms in total. The molecule has 0 unspecified atom stereocenters. The number of hydrogen-bond acceptors (Lipinski definition) is 6. The standard InChI is InChI=1S/C29H21N3O2S/c1-20(33)23-13-15-24(16-14-23)32-27-25(18-30)29(31-19-22-10-6-3-7-11-22)35-28(27)26(34)17-12-21-8-4-2-5-9-21/h2-17,19,32H,1H3/b17-12+,31-19+. The van der Waals surface area contributed by atoms with E-state index in [9.17, 15) is 14.9 Å². The summed E-state index contributed by atoms with van der Waals surface area (Å²) in [7, 11) is 0. The van der Waals surface area contributed by atoms with E-state index in [0.717, 1.165) is 22.5 Å². The first-order valence-electron chi connectivity index (χ1n) is 10.9. The Bertz CT molecular complexity index is 1450. The number of nitrogens with one attached hydrogen (secondary N) is 1. The van der Waals surface area contributed by atoms with Gasteiger partial charge in [-0.25, -0.2) is 4.99 Å². The van der Waals surface area contributed by atoms with Gasteiger partial charge in [-0.1, -0.05) is 66.7 Å². The topological polar surface area (TPSA) is 82.3 Å². The second-order valence-corrected chi connectivity index (χ2v) is 8.63. The summed E-state index contributed by atoms with van der Waals surface area (Å²) in [6, 6.07) is 28.2. The van der Waals surface area contributed by atoms with Crippen molar-refractivity contribution in [2.75, 3.05) is 5.32 Å². The Morgan fingerprint density at radius 1 is 0.914 bits per heavy atom. The molecular formula is C29H21N3O2S. The molecule has 0 saturated carbocycles. The molecule has 0 fully saturated rings. The number of carbonyl (C=O) groups excluding carboxylic acids is 2. The zero-order chi connectivity index (χ0) is 24.6. The number of hydrogen-bond donors (Lipinski definition) is 1. The summed E-state index contributed by atoms with van der Waals surface area (Å²) in [5, 5.41) is 13.6. The summed E-state index contributed by atoms with van der Waals surface area (Å²) in [6.45, 7) is 1.50. The lowest BCUT2D eigenvalue weighted by molar-refractivity contribution is 0.101. The highest BCUT2D eigenvalue weighted by molar-refractivity contribution is 7.18. The van der Waals surface area contributed by atoms with Gasteiger partial charge in [-0.15, -0.1) is 11.3 Å². The van der Waals surface area contributed by atoms with Crippen LogP contribution < -0.4 is 5.32 Å². The lowest BCUT2D eigenvalue weighted by atomic mass is 10.1. The molecule has 0 saturated heterocycles. The van der Waals surface area contributed by atoms with E-state index in [0.29, 0.717) is 26.8 Å². The van der Waals surface area contributed by atoms with Gasteiger partial charge in [-0.2, -0.15) is 5.26 Å². The summed E-state index contributed by atoms with van der Waals surface area (Å²) in [5.41, 5.74) is 3.71. The van der Waals surface area contributed by atoms with Crippen molar-refractivity contribution in [2.45, 2.75) is 6.92 Å². The minimum atomic E-state index is -0.237. The van der Waals surface area contributed by atoms with Crippen molar-refractivity contribution in [1.82, 2.24) is 0 Å². The number of benzene rings is 3. The number of nitriles is 1. The van der Waals surface area contributed by atoms with Gasteiger partial charge in [0, 0.05) is 17.5 Å². The number of nitrogens with zero attached hydrogens (tertiary/aromatic N) is 2. The van der Waals surface area contributed by atoms with Gasteiger partial charge in [0.1, 0.15) is 21.5 Å². The fraction of sp³-hybridized carbons (Fsp3) is 0.0345. The molecule has 6 heteroatoms. The average Bonchev–Trinajstić information content (AvgIpc) is 3.24. The number of anilines is 2. The van der Waals surface area contributed by atoms with E-state index in [1.54, 1.807) is 36.6 Å². The zero-order valence-corrected chi connectivity index (χ0v) is 19.8. The van der Waals surface area contributed by atoms with Gasteiger partial charge in [-0.3, -0.25) is 9.59 Å². The summed E-state index contributed by atoms with van der Waals surface area (Å²) < 4.78 is 0. The van der Waals surface area contributed by atoms with Crippen molar-refractivity contribution in [3.05, 3.63) is 118 Å². The zero-order valence-electron chi connectivity index (χ0n) is 18.9. The molecule has 0 atom stereocenters. The van der Waals surface area contributed by atoms with Crippen LogP contribution in [0.25, 0.3) is 6.08 Å². The minimum absolute atomic E-state index is 0.0377. The fourth-order valence-electron chi connectivity index (χ4n) is 3.32. The van der Waals surface area contributed by atoms with Crippen LogP contribution in [-0.4, -0.2) is 17.8 Å². The van der Waals surface area contributed by atoms with Gasteiger partial charge in [0.2, 0.25) is 0 Å². The molecule has 0 aliphatic heterocycles. The normalized spacial score (nSPS) is 11.0.